The molecule has 1 aliphatic heterocycles. The first kappa shape index (κ1) is 22.5. The molecule has 34 heavy (non-hydrogen) atoms. The lowest BCUT2D eigenvalue weighted by molar-refractivity contribution is 0.0247. The predicted molar refractivity (Wildman–Crippen MR) is 130 cm³/mol. The monoisotopic (exact) mass is 461 g/mol. The van der Waals surface area contributed by atoms with E-state index in [0.717, 1.165) is 25.7 Å². The minimum atomic E-state index is -0.560. The minimum absolute atomic E-state index is 0.00350. The number of allylic oxidation sites excluding steroid dienone is 3. The lowest BCUT2D eigenvalue weighted by Gasteiger charge is -2.51. The summed E-state index contributed by atoms with van der Waals surface area (Å²) >= 11 is 0. The molecule has 5 rings (SSSR count). The van der Waals surface area contributed by atoms with Gasteiger partial charge in [-0.15, -0.1) is 0 Å². The van der Waals surface area contributed by atoms with E-state index in [9.17, 15) is 14.7 Å². The average molecular weight is 462 g/mol. The van der Waals surface area contributed by atoms with Crippen molar-refractivity contribution in [1.29, 1.82) is 0 Å². The van der Waals surface area contributed by atoms with E-state index in [1.807, 2.05) is 13.8 Å². The van der Waals surface area contributed by atoms with E-state index in [0.29, 0.717) is 0 Å². The summed E-state index contributed by atoms with van der Waals surface area (Å²) in [5, 5.41) is 12.9. The third kappa shape index (κ3) is 3.46. The molecule has 1 aromatic heterocycles. The number of benzene rings is 1. The van der Waals surface area contributed by atoms with E-state index in [1.54, 1.807) is 22.9 Å². The normalized spacial score (nSPS) is 21.9. The first-order valence-electron chi connectivity index (χ1n) is 11.9. The van der Waals surface area contributed by atoms with Gasteiger partial charge in [-0.3, -0.25) is 19.3 Å². The number of aromatic hydroxyl groups is 1. The molecule has 7 heteroatoms. The molecule has 0 spiro atoms. The molecule has 0 saturated carbocycles. The van der Waals surface area contributed by atoms with Crippen LogP contribution in [0.4, 0.5) is 0 Å². The van der Waals surface area contributed by atoms with Gasteiger partial charge in [0.1, 0.15) is 6.17 Å². The second-order valence-corrected chi connectivity index (χ2v) is 9.44. The van der Waals surface area contributed by atoms with Gasteiger partial charge in [-0.05, 0) is 61.8 Å². The number of rotatable bonds is 4. The number of hydrogen-bond acceptors (Lipinski definition) is 5. The Morgan fingerprint density at radius 3 is 2.68 bits per heavy atom. The van der Waals surface area contributed by atoms with Crippen LogP contribution in [0, 0.1) is 0 Å². The smallest absolute Gasteiger partial charge is 0.278 e. The summed E-state index contributed by atoms with van der Waals surface area (Å²) in [5.74, 6) is -0.887. The van der Waals surface area contributed by atoms with E-state index >= 15 is 0 Å². The van der Waals surface area contributed by atoms with Crippen LogP contribution in [0.25, 0.3) is 0 Å². The van der Waals surface area contributed by atoms with Gasteiger partial charge in [0.05, 0.1) is 12.6 Å². The first-order chi connectivity index (χ1) is 16.4. The Hall–Kier alpha value is -3.32. The lowest BCUT2D eigenvalue weighted by Crippen LogP contribution is -2.65. The third-order valence-electron chi connectivity index (χ3n) is 7.16. The molecule has 2 aliphatic carbocycles. The Kier molecular flexibility index (Phi) is 5.81. The van der Waals surface area contributed by atoms with Crippen molar-refractivity contribution < 1.29 is 14.6 Å². The molecule has 2 atom stereocenters. The van der Waals surface area contributed by atoms with Crippen LogP contribution >= 0.6 is 0 Å². The van der Waals surface area contributed by atoms with Gasteiger partial charge in [-0.2, -0.15) is 0 Å². The van der Waals surface area contributed by atoms with Crippen molar-refractivity contribution in [3.05, 3.63) is 86.9 Å². The molecular weight excluding hydrogens is 430 g/mol. The van der Waals surface area contributed by atoms with E-state index < -0.39 is 17.3 Å². The Morgan fingerprint density at radius 1 is 1.12 bits per heavy atom. The average Bonchev–Trinajstić information content (AvgIpc) is 2.99. The Morgan fingerprint density at radius 2 is 1.91 bits per heavy atom. The van der Waals surface area contributed by atoms with Crippen molar-refractivity contribution in [1.82, 2.24) is 9.58 Å². The Labute approximate surface area is 199 Å². The fourth-order valence-electron chi connectivity index (χ4n) is 5.69. The van der Waals surface area contributed by atoms with Crippen LogP contribution in [-0.4, -0.2) is 46.5 Å². The minimum Gasteiger partial charge on any atom is -0.502 e. The van der Waals surface area contributed by atoms with Crippen molar-refractivity contribution in [3.63, 3.8) is 0 Å². The molecule has 0 fully saturated rings. The topological polar surface area (TPSA) is 75.0 Å². The molecule has 2 heterocycles. The maximum atomic E-state index is 13.6. The zero-order valence-corrected chi connectivity index (χ0v) is 19.9. The fourth-order valence-corrected chi connectivity index (χ4v) is 5.69. The third-order valence-corrected chi connectivity index (χ3v) is 7.16. The predicted octanol–water partition coefficient (Wildman–Crippen LogP) is 3.66. The number of ether oxygens (including phenoxy) is 1. The number of aromatic nitrogens is 1. The number of methoxy groups -OCH3 is 1. The largest absolute Gasteiger partial charge is 0.502 e. The summed E-state index contributed by atoms with van der Waals surface area (Å²) < 4.78 is 7.34. The van der Waals surface area contributed by atoms with Crippen LogP contribution in [0.3, 0.4) is 0 Å². The molecule has 2 unspecified atom stereocenters. The maximum Gasteiger partial charge on any atom is 0.278 e. The van der Waals surface area contributed by atoms with Gasteiger partial charge < -0.3 is 14.7 Å². The van der Waals surface area contributed by atoms with Crippen LogP contribution in [0.1, 0.15) is 60.8 Å². The van der Waals surface area contributed by atoms with Gasteiger partial charge in [0, 0.05) is 25.4 Å². The van der Waals surface area contributed by atoms with Gasteiger partial charge in [0.15, 0.2) is 11.4 Å². The molecule has 2 aromatic rings. The second-order valence-electron chi connectivity index (χ2n) is 9.44. The standard InChI is InChI=1S/C27H31N3O4/c1-17(2)29-23(16-34-3)30(28-15-14-22(31)26(32)25(28)27(29)33)24-20-10-6-4-8-18(20)12-13-19-9-5-7-11-21(19)24/h4-6,8-10,14-15,17,23-24,32H,7,11-13,16H2,1-3H3. The van der Waals surface area contributed by atoms with Gasteiger partial charge in [0.25, 0.3) is 5.91 Å². The van der Waals surface area contributed by atoms with Crippen molar-refractivity contribution in [2.24, 2.45) is 0 Å². The number of hydrogen-bond donors (Lipinski definition) is 1. The second kappa shape index (κ2) is 8.80. The summed E-state index contributed by atoms with van der Waals surface area (Å²) in [6.07, 6.45) is 9.42. The van der Waals surface area contributed by atoms with E-state index in [1.165, 1.54) is 28.3 Å². The molecule has 3 aliphatic rings. The number of amides is 1. The van der Waals surface area contributed by atoms with E-state index in [4.69, 9.17) is 4.74 Å². The van der Waals surface area contributed by atoms with Gasteiger partial charge in [-0.25, -0.2) is 0 Å². The van der Waals surface area contributed by atoms with Crippen LogP contribution in [0.15, 0.2) is 64.6 Å². The van der Waals surface area contributed by atoms with E-state index in [2.05, 4.69) is 41.4 Å². The summed E-state index contributed by atoms with van der Waals surface area (Å²) in [6, 6.07) is 9.45. The van der Waals surface area contributed by atoms with Gasteiger partial charge in [-0.1, -0.05) is 36.4 Å². The molecule has 0 saturated heterocycles. The van der Waals surface area contributed by atoms with Crippen LogP contribution in [-0.2, 0) is 11.2 Å². The van der Waals surface area contributed by atoms with Crippen molar-refractivity contribution in [2.45, 2.75) is 57.8 Å². The molecular formula is C27H31N3O4. The van der Waals surface area contributed by atoms with Crippen LogP contribution in [0.5, 0.6) is 5.75 Å². The van der Waals surface area contributed by atoms with Crippen LogP contribution < -0.4 is 10.4 Å². The van der Waals surface area contributed by atoms with E-state index in [-0.39, 0.29) is 30.3 Å². The highest BCUT2D eigenvalue weighted by molar-refractivity contribution is 5.96. The molecule has 0 radical (unpaired) electrons. The van der Waals surface area contributed by atoms with Crippen molar-refractivity contribution >= 4 is 5.91 Å². The van der Waals surface area contributed by atoms with Gasteiger partial charge >= 0.3 is 0 Å². The molecule has 7 nitrogen and oxygen atoms in total. The summed E-state index contributed by atoms with van der Waals surface area (Å²) in [4.78, 5) is 27.8. The lowest BCUT2D eigenvalue weighted by atomic mass is 9.87. The number of carbonyl (C=O) groups excluding carboxylic acids is 1. The Bertz CT molecular complexity index is 1240. The summed E-state index contributed by atoms with van der Waals surface area (Å²) in [6.45, 7) is 4.18. The Balaban J connectivity index is 1.83. The summed E-state index contributed by atoms with van der Waals surface area (Å²) in [7, 11) is 1.63. The number of pyridine rings is 1. The highest BCUT2D eigenvalue weighted by atomic mass is 16.5. The fraction of sp³-hybridized carbons (Fsp3) is 0.407. The molecule has 1 aromatic carbocycles. The van der Waals surface area contributed by atoms with Gasteiger partial charge in [0.2, 0.25) is 5.43 Å². The number of carbonyl (C=O) groups is 1. The maximum absolute atomic E-state index is 13.6. The SMILES string of the molecule is COCC1N(C(C)C)C(=O)c2c(O)c(=O)ccn2N1C1C2=C(C=CCC2)CCc2ccccc21. The highest BCUT2D eigenvalue weighted by Gasteiger charge is 2.45. The quantitative estimate of drug-likeness (QED) is 0.752. The van der Waals surface area contributed by atoms with Crippen molar-refractivity contribution in [2.75, 3.05) is 18.7 Å². The molecule has 0 bridgehead atoms. The highest BCUT2D eigenvalue weighted by Crippen LogP contribution is 2.43. The van der Waals surface area contributed by atoms with Crippen LogP contribution in [0.2, 0.25) is 0 Å². The number of fused-ring (bicyclic) bond motifs is 2. The number of nitrogens with zero attached hydrogens (tertiary/aromatic N) is 3. The first-order valence-corrected chi connectivity index (χ1v) is 11.9. The molecule has 178 valence electrons. The zero-order chi connectivity index (χ0) is 24.0. The summed E-state index contributed by atoms with van der Waals surface area (Å²) in [5.41, 5.74) is 4.54. The molecule has 1 N–H and O–H groups in total. The van der Waals surface area contributed by atoms with Crippen molar-refractivity contribution in [3.8, 4) is 5.75 Å². The molecule has 1 amide bonds. The number of aryl methyl sites for hydroxylation is 1. The zero-order valence-electron chi connectivity index (χ0n) is 19.9.